The maximum atomic E-state index is 12.0. The van der Waals surface area contributed by atoms with Gasteiger partial charge in [0.05, 0.1) is 29.7 Å². The average molecular weight is 337 g/mol. The van der Waals surface area contributed by atoms with Crippen molar-refractivity contribution < 1.29 is 14.3 Å². The lowest BCUT2D eigenvalue weighted by atomic mass is 10.2. The normalized spacial score (nSPS) is 11.6. The molecule has 122 valence electrons. The van der Waals surface area contributed by atoms with Gasteiger partial charge in [0.25, 0.3) is 0 Å². The zero-order valence-electron chi connectivity index (χ0n) is 12.7. The van der Waals surface area contributed by atoms with Gasteiger partial charge in [0.15, 0.2) is 0 Å². The number of hydrogen-bond acceptors (Lipinski definition) is 4. The van der Waals surface area contributed by atoms with Gasteiger partial charge in [-0.1, -0.05) is 11.6 Å². The lowest BCUT2D eigenvalue weighted by Crippen LogP contribution is -2.38. The minimum atomic E-state index is -0.501. The van der Waals surface area contributed by atoms with Crippen LogP contribution in [0.15, 0.2) is 36.9 Å². The highest BCUT2D eigenvalue weighted by molar-refractivity contribution is 6.33. The lowest BCUT2D eigenvalue weighted by molar-refractivity contribution is 0.0600. The van der Waals surface area contributed by atoms with E-state index in [1.54, 1.807) is 12.5 Å². The van der Waals surface area contributed by atoms with Gasteiger partial charge in [0.1, 0.15) is 0 Å². The number of anilines is 1. The fourth-order valence-corrected chi connectivity index (χ4v) is 2.17. The van der Waals surface area contributed by atoms with Gasteiger partial charge in [0, 0.05) is 25.0 Å². The average Bonchev–Trinajstić information content (AvgIpc) is 3.01. The molecule has 0 spiro atoms. The number of carbonyl (C=O) groups is 2. The van der Waals surface area contributed by atoms with E-state index in [2.05, 4.69) is 20.4 Å². The van der Waals surface area contributed by atoms with Crippen molar-refractivity contribution in [3.63, 3.8) is 0 Å². The number of hydrogen-bond donors (Lipinski definition) is 2. The van der Waals surface area contributed by atoms with Crippen molar-refractivity contribution in [3.05, 3.63) is 47.5 Å². The van der Waals surface area contributed by atoms with Gasteiger partial charge < -0.3 is 19.9 Å². The summed E-state index contributed by atoms with van der Waals surface area (Å²) in [5.41, 5.74) is 0.639. The number of nitrogens with zero attached hydrogens (tertiary/aromatic N) is 2. The Hall–Kier alpha value is -2.54. The number of carbonyl (C=O) groups excluding carboxylic acids is 2. The number of ether oxygens (including phenoxy) is 1. The molecule has 8 heteroatoms. The third-order valence-corrected chi connectivity index (χ3v) is 3.39. The number of benzene rings is 1. The standard InChI is InChI=1S/C15H17ClN4O3/c1-10(8-20-6-5-17-9-20)18-15(22)19-13-7-11(14(21)23-2)3-4-12(13)16/h3-7,9-10H,8H2,1-2H3,(H2,18,19,22). The van der Waals surface area contributed by atoms with Crippen LogP contribution in [0.5, 0.6) is 0 Å². The summed E-state index contributed by atoms with van der Waals surface area (Å²) in [6.45, 7) is 2.45. The number of esters is 1. The smallest absolute Gasteiger partial charge is 0.337 e. The molecule has 2 N–H and O–H groups in total. The second-order valence-electron chi connectivity index (χ2n) is 4.95. The number of imidazole rings is 1. The molecule has 0 radical (unpaired) electrons. The minimum Gasteiger partial charge on any atom is -0.465 e. The maximum Gasteiger partial charge on any atom is 0.337 e. The fourth-order valence-electron chi connectivity index (χ4n) is 2.00. The Morgan fingerprint density at radius 3 is 2.87 bits per heavy atom. The molecular weight excluding hydrogens is 320 g/mol. The first-order chi connectivity index (χ1) is 11.0. The lowest BCUT2D eigenvalue weighted by Gasteiger charge is -2.16. The van der Waals surface area contributed by atoms with Gasteiger partial charge in [-0.25, -0.2) is 14.6 Å². The molecule has 1 aromatic heterocycles. The van der Waals surface area contributed by atoms with E-state index in [4.69, 9.17) is 11.6 Å². The van der Waals surface area contributed by atoms with Gasteiger partial charge in [-0.2, -0.15) is 0 Å². The summed E-state index contributed by atoms with van der Waals surface area (Å²) in [5, 5.41) is 5.74. The van der Waals surface area contributed by atoms with Crippen LogP contribution in [0.2, 0.25) is 5.02 Å². The van der Waals surface area contributed by atoms with Crippen LogP contribution in [0.4, 0.5) is 10.5 Å². The highest BCUT2D eigenvalue weighted by Crippen LogP contribution is 2.23. The predicted octanol–water partition coefficient (Wildman–Crippen LogP) is 2.53. The van der Waals surface area contributed by atoms with Crippen LogP contribution in [-0.4, -0.2) is 34.7 Å². The number of aromatic nitrogens is 2. The Kier molecular flexibility index (Phi) is 5.59. The van der Waals surface area contributed by atoms with E-state index >= 15 is 0 Å². The Morgan fingerprint density at radius 2 is 2.22 bits per heavy atom. The molecule has 0 saturated heterocycles. The van der Waals surface area contributed by atoms with E-state index in [-0.39, 0.29) is 6.04 Å². The second-order valence-corrected chi connectivity index (χ2v) is 5.35. The number of urea groups is 1. The summed E-state index contributed by atoms with van der Waals surface area (Å²) in [5.74, 6) is -0.501. The Balaban J connectivity index is 1.98. The summed E-state index contributed by atoms with van der Waals surface area (Å²) < 4.78 is 6.50. The third-order valence-electron chi connectivity index (χ3n) is 3.06. The van der Waals surface area contributed by atoms with Crippen molar-refractivity contribution in [1.29, 1.82) is 0 Å². The van der Waals surface area contributed by atoms with Gasteiger partial charge in [-0.3, -0.25) is 0 Å². The molecule has 2 amide bonds. The van der Waals surface area contributed by atoms with Crippen molar-refractivity contribution >= 4 is 29.3 Å². The molecule has 0 bridgehead atoms. The van der Waals surface area contributed by atoms with Crippen LogP contribution < -0.4 is 10.6 Å². The highest BCUT2D eigenvalue weighted by atomic mass is 35.5. The Bertz CT molecular complexity index is 688. The van der Waals surface area contributed by atoms with Gasteiger partial charge in [-0.05, 0) is 25.1 Å². The monoisotopic (exact) mass is 336 g/mol. The molecule has 0 aliphatic rings. The highest BCUT2D eigenvalue weighted by Gasteiger charge is 2.13. The zero-order chi connectivity index (χ0) is 16.8. The van der Waals surface area contributed by atoms with E-state index in [9.17, 15) is 9.59 Å². The van der Waals surface area contributed by atoms with E-state index in [1.165, 1.54) is 25.3 Å². The van der Waals surface area contributed by atoms with Crippen LogP contribution >= 0.6 is 11.6 Å². The molecule has 0 fully saturated rings. The number of rotatable bonds is 5. The largest absolute Gasteiger partial charge is 0.465 e. The first kappa shape index (κ1) is 16.8. The van der Waals surface area contributed by atoms with Crippen LogP contribution in [-0.2, 0) is 11.3 Å². The summed E-state index contributed by atoms with van der Waals surface area (Å²) in [6, 6.07) is 3.99. The van der Waals surface area contributed by atoms with Crippen molar-refractivity contribution in [2.45, 2.75) is 19.5 Å². The van der Waals surface area contributed by atoms with Crippen LogP contribution in [0, 0.1) is 0 Å². The van der Waals surface area contributed by atoms with E-state index in [0.29, 0.717) is 22.8 Å². The number of amides is 2. The van der Waals surface area contributed by atoms with Crippen LogP contribution in [0.25, 0.3) is 0 Å². The second kappa shape index (κ2) is 7.64. The van der Waals surface area contributed by atoms with Crippen LogP contribution in [0.1, 0.15) is 17.3 Å². The third kappa shape index (κ3) is 4.72. The summed E-state index contributed by atoms with van der Waals surface area (Å²) in [6.07, 6.45) is 5.16. The first-order valence-electron chi connectivity index (χ1n) is 6.90. The molecule has 2 rings (SSSR count). The van der Waals surface area contributed by atoms with Gasteiger partial charge >= 0.3 is 12.0 Å². The molecule has 1 unspecified atom stereocenters. The van der Waals surface area contributed by atoms with Crippen molar-refractivity contribution in [1.82, 2.24) is 14.9 Å². The molecule has 0 aliphatic heterocycles. The quantitative estimate of drug-likeness (QED) is 0.822. The zero-order valence-corrected chi connectivity index (χ0v) is 13.5. The Morgan fingerprint density at radius 1 is 1.43 bits per heavy atom. The molecule has 1 atom stereocenters. The first-order valence-corrected chi connectivity index (χ1v) is 7.28. The topological polar surface area (TPSA) is 85.2 Å². The summed E-state index contributed by atoms with van der Waals surface area (Å²) in [4.78, 5) is 27.5. The van der Waals surface area contributed by atoms with Gasteiger partial charge in [0.2, 0.25) is 0 Å². The van der Waals surface area contributed by atoms with Crippen molar-refractivity contribution in [2.75, 3.05) is 12.4 Å². The number of nitrogens with one attached hydrogen (secondary N) is 2. The molecular formula is C15H17ClN4O3. The molecule has 0 saturated carbocycles. The van der Waals surface area contributed by atoms with E-state index in [0.717, 1.165) is 0 Å². The number of halogens is 1. The molecule has 0 aliphatic carbocycles. The van der Waals surface area contributed by atoms with E-state index < -0.39 is 12.0 Å². The molecule has 7 nitrogen and oxygen atoms in total. The molecule has 1 aromatic carbocycles. The molecule has 23 heavy (non-hydrogen) atoms. The predicted molar refractivity (Wildman–Crippen MR) is 86.6 cm³/mol. The van der Waals surface area contributed by atoms with E-state index in [1.807, 2.05) is 17.7 Å². The molecule has 1 heterocycles. The van der Waals surface area contributed by atoms with Crippen molar-refractivity contribution in [3.8, 4) is 0 Å². The SMILES string of the molecule is COC(=O)c1ccc(Cl)c(NC(=O)NC(C)Cn2ccnc2)c1. The summed E-state index contributed by atoms with van der Waals surface area (Å²) >= 11 is 6.03. The van der Waals surface area contributed by atoms with Crippen molar-refractivity contribution in [2.24, 2.45) is 0 Å². The minimum absolute atomic E-state index is 0.119. The number of methoxy groups -OCH3 is 1. The van der Waals surface area contributed by atoms with Crippen LogP contribution in [0.3, 0.4) is 0 Å². The van der Waals surface area contributed by atoms with Gasteiger partial charge in [-0.15, -0.1) is 0 Å². The Labute approximate surface area is 138 Å². The summed E-state index contributed by atoms with van der Waals surface area (Å²) in [7, 11) is 1.29. The molecule has 2 aromatic rings. The maximum absolute atomic E-state index is 12.0. The fraction of sp³-hybridized carbons (Fsp3) is 0.267.